The molecule has 0 bridgehead atoms. The van der Waals surface area contributed by atoms with Crippen LogP contribution in [0.4, 0.5) is 11.4 Å². The van der Waals surface area contributed by atoms with Gasteiger partial charge >= 0.3 is 0 Å². The average Bonchev–Trinajstić information content (AvgIpc) is 2.41. The third-order valence-corrected chi connectivity index (χ3v) is 4.95. The normalized spacial score (nSPS) is 11.3. The van der Waals surface area contributed by atoms with Gasteiger partial charge in [-0.3, -0.25) is 4.31 Å². The fourth-order valence-corrected chi connectivity index (χ4v) is 3.10. The van der Waals surface area contributed by atoms with E-state index in [4.69, 9.17) is 17.3 Å². The lowest BCUT2D eigenvalue weighted by Gasteiger charge is -2.19. The van der Waals surface area contributed by atoms with E-state index in [-0.39, 0.29) is 15.7 Å². The van der Waals surface area contributed by atoms with Crippen LogP contribution < -0.4 is 10.0 Å². The van der Waals surface area contributed by atoms with Gasteiger partial charge in [0.05, 0.1) is 21.3 Å². The van der Waals surface area contributed by atoms with Crippen molar-refractivity contribution in [2.45, 2.75) is 4.90 Å². The van der Waals surface area contributed by atoms with Crippen molar-refractivity contribution in [3.63, 3.8) is 0 Å². The van der Waals surface area contributed by atoms with Crippen molar-refractivity contribution in [2.75, 3.05) is 17.1 Å². The van der Waals surface area contributed by atoms with Gasteiger partial charge in [-0.25, -0.2) is 8.42 Å². The maximum absolute atomic E-state index is 12.4. The SMILES string of the molecule is CN(c1ccc(O)cc1)S(=O)(=O)c1ccc(N)c(Cl)c1. The molecule has 0 saturated carbocycles. The zero-order valence-electron chi connectivity index (χ0n) is 10.6. The topological polar surface area (TPSA) is 83.6 Å². The Hall–Kier alpha value is -1.92. The molecule has 0 aromatic heterocycles. The molecule has 0 saturated heterocycles. The molecule has 7 heteroatoms. The number of aromatic hydroxyl groups is 1. The number of phenolic OH excluding ortho intramolecular Hbond substituents is 1. The molecule has 0 aliphatic rings. The summed E-state index contributed by atoms with van der Waals surface area (Å²) >= 11 is 5.85. The number of sulfonamides is 1. The molecule has 0 fully saturated rings. The summed E-state index contributed by atoms with van der Waals surface area (Å²) in [5.41, 5.74) is 6.31. The highest BCUT2D eigenvalue weighted by Crippen LogP contribution is 2.27. The van der Waals surface area contributed by atoms with Crippen LogP contribution >= 0.6 is 11.6 Å². The second-order valence-corrected chi connectivity index (χ2v) is 6.55. The molecule has 0 amide bonds. The van der Waals surface area contributed by atoms with Crippen molar-refractivity contribution in [3.05, 3.63) is 47.5 Å². The van der Waals surface area contributed by atoms with Crippen LogP contribution in [0.25, 0.3) is 0 Å². The van der Waals surface area contributed by atoms with E-state index in [1.807, 2.05) is 0 Å². The van der Waals surface area contributed by atoms with Gasteiger partial charge in [-0.1, -0.05) is 11.6 Å². The third-order valence-electron chi connectivity index (χ3n) is 2.84. The summed E-state index contributed by atoms with van der Waals surface area (Å²) in [6, 6.07) is 9.99. The molecular formula is C13H13ClN2O3S. The first-order valence-corrected chi connectivity index (χ1v) is 7.47. The van der Waals surface area contributed by atoms with Gasteiger partial charge in [0.25, 0.3) is 10.0 Å². The Kier molecular flexibility index (Phi) is 3.78. The van der Waals surface area contributed by atoms with Crippen LogP contribution in [-0.4, -0.2) is 20.6 Å². The number of nitrogens with zero attached hydrogens (tertiary/aromatic N) is 1. The molecule has 0 atom stereocenters. The third kappa shape index (κ3) is 2.66. The Bertz CT molecular complexity index is 730. The molecule has 0 heterocycles. The predicted molar refractivity (Wildman–Crippen MR) is 79.6 cm³/mol. The van der Waals surface area contributed by atoms with Crippen LogP contribution in [0.1, 0.15) is 0 Å². The molecule has 0 unspecified atom stereocenters. The van der Waals surface area contributed by atoms with Gasteiger partial charge in [0.1, 0.15) is 5.75 Å². The van der Waals surface area contributed by atoms with Crippen LogP contribution in [0.3, 0.4) is 0 Å². The molecule has 0 aliphatic heterocycles. The first-order chi connectivity index (χ1) is 9.32. The van der Waals surface area contributed by atoms with Gasteiger partial charge in [0, 0.05) is 7.05 Å². The maximum atomic E-state index is 12.4. The quantitative estimate of drug-likeness (QED) is 0.853. The van der Waals surface area contributed by atoms with E-state index < -0.39 is 10.0 Å². The lowest BCUT2D eigenvalue weighted by Crippen LogP contribution is -2.26. The van der Waals surface area contributed by atoms with Gasteiger partial charge in [-0.05, 0) is 42.5 Å². The van der Waals surface area contributed by atoms with Crippen molar-refractivity contribution in [1.29, 1.82) is 0 Å². The summed E-state index contributed by atoms with van der Waals surface area (Å²) < 4.78 is 26.0. The summed E-state index contributed by atoms with van der Waals surface area (Å²) in [5, 5.41) is 9.41. The molecule has 2 aromatic carbocycles. The molecule has 2 aromatic rings. The minimum atomic E-state index is -3.73. The maximum Gasteiger partial charge on any atom is 0.264 e. The minimum absolute atomic E-state index is 0.0484. The average molecular weight is 313 g/mol. The van der Waals surface area contributed by atoms with Crippen molar-refractivity contribution in [3.8, 4) is 5.75 Å². The fourth-order valence-electron chi connectivity index (χ4n) is 1.63. The standard InChI is InChI=1S/C13H13ClN2O3S/c1-16(9-2-4-10(17)5-3-9)20(18,19)11-6-7-13(15)12(14)8-11/h2-8,17H,15H2,1H3. The van der Waals surface area contributed by atoms with Gasteiger partial charge in [0.2, 0.25) is 0 Å². The molecular weight excluding hydrogens is 300 g/mol. The summed E-state index contributed by atoms with van der Waals surface area (Å²) in [5.74, 6) is 0.0649. The number of phenols is 1. The summed E-state index contributed by atoms with van der Waals surface area (Å²) in [4.78, 5) is 0.0484. The number of hydrogen-bond acceptors (Lipinski definition) is 4. The van der Waals surface area contributed by atoms with E-state index in [0.717, 1.165) is 4.31 Å². The number of hydrogen-bond donors (Lipinski definition) is 2. The van der Waals surface area contributed by atoms with Crippen molar-refractivity contribution in [1.82, 2.24) is 0 Å². The highest BCUT2D eigenvalue weighted by atomic mass is 35.5. The van der Waals surface area contributed by atoms with Gasteiger partial charge in [-0.2, -0.15) is 0 Å². The Balaban J connectivity index is 2.43. The Morgan fingerprint density at radius 3 is 2.30 bits per heavy atom. The molecule has 20 heavy (non-hydrogen) atoms. The van der Waals surface area contributed by atoms with Gasteiger partial charge in [-0.15, -0.1) is 0 Å². The lowest BCUT2D eigenvalue weighted by molar-refractivity contribution is 0.475. The summed E-state index contributed by atoms with van der Waals surface area (Å²) in [7, 11) is -2.31. The van der Waals surface area contributed by atoms with Crippen LogP contribution in [0.15, 0.2) is 47.4 Å². The predicted octanol–water partition coefficient (Wildman–Crippen LogP) is 2.45. The Labute approximate surface area is 122 Å². The second-order valence-electron chi connectivity index (χ2n) is 4.17. The van der Waals surface area contributed by atoms with Gasteiger partial charge < -0.3 is 10.8 Å². The number of benzene rings is 2. The molecule has 2 rings (SSSR count). The Morgan fingerprint density at radius 1 is 1.15 bits per heavy atom. The van der Waals surface area contributed by atoms with E-state index in [9.17, 15) is 13.5 Å². The van der Waals surface area contributed by atoms with E-state index in [0.29, 0.717) is 11.4 Å². The second kappa shape index (κ2) is 5.22. The molecule has 0 radical (unpaired) electrons. The minimum Gasteiger partial charge on any atom is -0.508 e. The molecule has 3 N–H and O–H groups in total. The van der Waals surface area contributed by atoms with Crippen LogP contribution in [-0.2, 0) is 10.0 Å². The number of nitrogen functional groups attached to an aromatic ring is 1. The van der Waals surface area contributed by atoms with E-state index in [1.54, 1.807) is 0 Å². The van der Waals surface area contributed by atoms with Crippen LogP contribution in [0.5, 0.6) is 5.75 Å². The number of halogens is 1. The molecule has 106 valence electrons. The van der Waals surface area contributed by atoms with Crippen molar-refractivity contribution < 1.29 is 13.5 Å². The number of anilines is 2. The van der Waals surface area contributed by atoms with E-state index in [1.165, 1.54) is 49.5 Å². The van der Waals surface area contributed by atoms with Crippen molar-refractivity contribution in [2.24, 2.45) is 0 Å². The number of rotatable bonds is 3. The largest absolute Gasteiger partial charge is 0.508 e. The highest BCUT2D eigenvalue weighted by Gasteiger charge is 2.22. The Morgan fingerprint density at radius 2 is 1.75 bits per heavy atom. The lowest BCUT2D eigenvalue weighted by atomic mass is 10.3. The highest BCUT2D eigenvalue weighted by molar-refractivity contribution is 7.92. The zero-order valence-corrected chi connectivity index (χ0v) is 12.2. The molecule has 5 nitrogen and oxygen atoms in total. The van der Waals surface area contributed by atoms with E-state index >= 15 is 0 Å². The first-order valence-electron chi connectivity index (χ1n) is 5.65. The summed E-state index contributed by atoms with van der Waals surface area (Å²) in [6.07, 6.45) is 0. The van der Waals surface area contributed by atoms with Crippen molar-refractivity contribution >= 4 is 33.0 Å². The van der Waals surface area contributed by atoms with Crippen LogP contribution in [0, 0.1) is 0 Å². The fraction of sp³-hybridized carbons (Fsp3) is 0.0769. The monoisotopic (exact) mass is 312 g/mol. The first kappa shape index (κ1) is 14.5. The van der Waals surface area contributed by atoms with Gasteiger partial charge in [0.15, 0.2) is 0 Å². The number of nitrogens with two attached hydrogens (primary N) is 1. The molecule has 0 spiro atoms. The summed E-state index contributed by atoms with van der Waals surface area (Å²) in [6.45, 7) is 0. The smallest absolute Gasteiger partial charge is 0.264 e. The van der Waals surface area contributed by atoms with E-state index in [2.05, 4.69) is 0 Å². The zero-order chi connectivity index (χ0) is 14.9. The van der Waals surface area contributed by atoms with Crippen LogP contribution in [0.2, 0.25) is 5.02 Å². The molecule has 0 aliphatic carbocycles.